The summed E-state index contributed by atoms with van der Waals surface area (Å²) in [7, 11) is -1.46. The molecule has 2 aromatic rings. The molecular formula is C23H32N4O3S. The molecule has 0 spiro atoms. The molecule has 1 aliphatic heterocycles. The Morgan fingerprint density at radius 1 is 1.06 bits per heavy atom. The summed E-state index contributed by atoms with van der Waals surface area (Å²) >= 11 is 0. The van der Waals surface area contributed by atoms with Crippen LogP contribution >= 0.6 is 0 Å². The molecule has 3 rings (SSSR count). The van der Waals surface area contributed by atoms with E-state index in [1.165, 1.54) is 17.4 Å². The number of guanidine groups is 1. The van der Waals surface area contributed by atoms with Gasteiger partial charge in [-0.05, 0) is 35.2 Å². The molecule has 1 heterocycles. The molecule has 7 nitrogen and oxygen atoms in total. The van der Waals surface area contributed by atoms with Crippen molar-refractivity contribution in [3.63, 3.8) is 0 Å². The second-order valence-electron chi connectivity index (χ2n) is 7.81. The van der Waals surface area contributed by atoms with Gasteiger partial charge < -0.3 is 15.4 Å². The first-order valence-electron chi connectivity index (χ1n) is 10.5. The molecule has 0 amide bonds. The van der Waals surface area contributed by atoms with Gasteiger partial charge in [0.15, 0.2) is 15.8 Å². The maximum atomic E-state index is 11.8. The first kappa shape index (κ1) is 23.2. The van der Waals surface area contributed by atoms with Gasteiger partial charge >= 0.3 is 0 Å². The van der Waals surface area contributed by atoms with Crippen LogP contribution in [0.25, 0.3) is 0 Å². The van der Waals surface area contributed by atoms with Crippen molar-refractivity contribution < 1.29 is 13.2 Å². The molecule has 1 aliphatic rings. The summed E-state index contributed by atoms with van der Waals surface area (Å²) in [5.74, 6) is 0.700. The zero-order valence-corrected chi connectivity index (χ0v) is 19.3. The molecule has 1 fully saturated rings. The van der Waals surface area contributed by atoms with Crippen molar-refractivity contribution in [2.24, 2.45) is 4.99 Å². The Balaban J connectivity index is 1.57. The van der Waals surface area contributed by atoms with Crippen LogP contribution < -0.4 is 10.6 Å². The molecular weight excluding hydrogens is 412 g/mol. The van der Waals surface area contributed by atoms with Crippen LogP contribution in [0, 0.1) is 6.92 Å². The van der Waals surface area contributed by atoms with Gasteiger partial charge in [0.25, 0.3) is 0 Å². The van der Waals surface area contributed by atoms with Gasteiger partial charge in [0.05, 0.1) is 18.1 Å². The molecule has 168 valence electrons. The lowest BCUT2D eigenvalue weighted by Crippen LogP contribution is -2.37. The number of morpholine rings is 1. The van der Waals surface area contributed by atoms with E-state index in [4.69, 9.17) is 4.74 Å². The third-order valence-electron chi connectivity index (χ3n) is 5.38. The van der Waals surface area contributed by atoms with Crippen molar-refractivity contribution in [2.45, 2.75) is 31.5 Å². The maximum absolute atomic E-state index is 11.8. The number of sulfone groups is 1. The van der Waals surface area contributed by atoms with E-state index < -0.39 is 9.84 Å². The quantitative estimate of drug-likeness (QED) is 0.503. The average Bonchev–Trinajstić information content (AvgIpc) is 2.75. The number of rotatable bonds is 7. The third kappa shape index (κ3) is 6.78. The van der Waals surface area contributed by atoms with Crippen molar-refractivity contribution in [1.82, 2.24) is 15.5 Å². The fourth-order valence-corrected chi connectivity index (χ4v) is 4.67. The number of ether oxygens (including phenoxy) is 1. The average molecular weight is 445 g/mol. The van der Waals surface area contributed by atoms with E-state index in [2.05, 4.69) is 44.8 Å². The number of hydrogen-bond donors (Lipinski definition) is 2. The molecule has 0 atom stereocenters. The minimum Gasteiger partial charge on any atom is -0.379 e. The van der Waals surface area contributed by atoms with Gasteiger partial charge in [-0.15, -0.1) is 0 Å². The molecule has 0 aliphatic carbocycles. The van der Waals surface area contributed by atoms with Crippen LogP contribution in [-0.4, -0.2) is 58.9 Å². The number of aryl methyl sites for hydroxylation is 1. The molecule has 8 heteroatoms. The summed E-state index contributed by atoms with van der Waals surface area (Å²) in [4.78, 5) is 7.10. The van der Waals surface area contributed by atoms with Crippen LogP contribution in [0.4, 0.5) is 0 Å². The number of aliphatic imine (C=N–C) groups is 1. The molecule has 31 heavy (non-hydrogen) atoms. The number of nitrogens with one attached hydrogen (secondary N) is 2. The van der Waals surface area contributed by atoms with E-state index in [0.29, 0.717) is 23.9 Å². The van der Waals surface area contributed by atoms with Gasteiger partial charge in [-0.3, -0.25) is 9.89 Å². The zero-order valence-electron chi connectivity index (χ0n) is 18.5. The van der Waals surface area contributed by atoms with Crippen LogP contribution in [0.1, 0.15) is 22.3 Å². The predicted octanol–water partition coefficient (Wildman–Crippen LogP) is 2.10. The summed E-state index contributed by atoms with van der Waals surface area (Å²) in [5.41, 5.74) is 4.30. The standard InChI is InChI=1S/C23H32N4O3S/c1-18-14-19(8-9-22(18)31(3,28)29)15-25-23(24-2)26-16-20-6-4-5-7-21(20)17-27-10-12-30-13-11-27/h4-9,14H,10-13,15-17H2,1-3H3,(H2,24,25,26). The van der Waals surface area contributed by atoms with Gasteiger partial charge in [0, 0.05) is 46.0 Å². The lowest BCUT2D eigenvalue weighted by Gasteiger charge is -2.27. The second-order valence-corrected chi connectivity index (χ2v) is 9.79. The molecule has 1 saturated heterocycles. The van der Waals surface area contributed by atoms with Crippen LogP contribution in [-0.2, 0) is 34.2 Å². The monoisotopic (exact) mass is 444 g/mol. The Morgan fingerprint density at radius 2 is 1.74 bits per heavy atom. The summed E-state index contributed by atoms with van der Waals surface area (Å²) < 4.78 is 29.0. The van der Waals surface area contributed by atoms with Crippen molar-refractivity contribution in [1.29, 1.82) is 0 Å². The smallest absolute Gasteiger partial charge is 0.191 e. The van der Waals surface area contributed by atoms with Crippen LogP contribution in [0.15, 0.2) is 52.4 Å². The zero-order chi connectivity index (χ0) is 22.3. The molecule has 2 aromatic carbocycles. The first-order valence-corrected chi connectivity index (χ1v) is 12.4. The summed E-state index contributed by atoms with van der Waals surface area (Å²) in [6.07, 6.45) is 1.23. The highest BCUT2D eigenvalue weighted by Gasteiger charge is 2.13. The summed E-state index contributed by atoms with van der Waals surface area (Å²) in [6.45, 7) is 7.47. The van der Waals surface area contributed by atoms with Crippen LogP contribution in [0.3, 0.4) is 0 Å². The predicted molar refractivity (Wildman–Crippen MR) is 124 cm³/mol. The molecule has 0 radical (unpaired) electrons. The van der Waals surface area contributed by atoms with E-state index >= 15 is 0 Å². The topological polar surface area (TPSA) is 83.0 Å². The fraction of sp³-hybridized carbons (Fsp3) is 0.435. The SMILES string of the molecule is CN=C(NCc1ccc(S(C)(=O)=O)c(C)c1)NCc1ccccc1CN1CCOCC1. The van der Waals surface area contributed by atoms with E-state index in [9.17, 15) is 8.42 Å². The highest BCUT2D eigenvalue weighted by Crippen LogP contribution is 2.17. The van der Waals surface area contributed by atoms with Crippen molar-refractivity contribution in [3.05, 3.63) is 64.7 Å². The second kappa shape index (κ2) is 10.7. The van der Waals surface area contributed by atoms with E-state index in [1.54, 1.807) is 13.1 Å². The van der Waals surface area contributed by atoms with Crippen molar-refractivity contribution in [2.75, 3.05) is 39.6 Å². The van der Waals surface area contributed by atoms with Crippen molar-refractivity contribution >= 4 is 15.8 Å². The first-order chi connectivity index (χ1) is 14.9. The lowest BCUT2D eigenvalue weighted by molar-refractivity contribution is 0.0341. The molecule has 2 N–H and O–H groups in total. The van der Waals surface area contributed by atoms with E-state index in [0.717, 1.165) is 44.0 Å². The van der Waals surface area contributed by atoms with E-state index in [1.807, 2.05) is 19.1 Å². The number of benzene rings is 2. The Hall–Kier alpha value is -2.42. The lowest BCUT2D eigenvalue weighted by atomic mass is 10.1. The molecule has 0 aromatic heterocycles. The Bertz CT molecular complexity index is 1020. The molecule has 0 saturated carbocycles. The Labute approximate surface area is 185 Å². The van der Waals surface area contributed by atoms with Crippen LogP contribution in [0.5, 0.6) is 0 Å². The number of hydrogen-bond acceptors (Lipinski definition) is 5. The Kier molecular flexibility index (Phi) is 8.06. The van der Waals surface area contributed by atoms with Gasteiger partial charge in [0.2, 0.25) is 0 Å². The number of nitrogens with zero attached hydrogens (tertiary/aromatic N) is 2. The van der Waals surface area contributed by atoms with Gasteiger partial charge in [0.1, 0.15) is 0 Å². The Morgan fingerprint density at radius 3 is 2.39 bits per heavy atom. The summed E-state index contributed by atoms with van der Waals surface area (Å²) in [6, 6.07) is 13.9. The molecule has 0 bridgehead atoms. The van der Waals surface area contributed by atoms with Gasteiger partial charge in [-0.25, -0.2) is 8.42 Å². The largest absolute Gasteiger partial charge is 0.379 e. The maximum Gasteiger partial charge on any atom is 0.191 e. The normalized spacial score (nSPS) is 15.6. The highest BCUT2D eigenvalue weighted by atomic mass is 32.2. The minimum absolute atomic E-state index is 0.371. The van der Waals surface area contributed by atoms with Crippen LogP contribution in [0.2, 0.25) is 0 Å². The minimum atomic E-state index is -3.21. The van der Waals surface area contributed by atoms with Crippen molar-refractivity contribution in [3.8, 4) is 0 Å². The fourth-order valence-electron chi connectivity index (χ4n) is 3.71. The molecule has 0 unspecified atom stereocenters. The third-order valence-corrected chi connectivity index (χ3v) is 6.64. The summed E-state index contributed by atoms with van der Waals surface area (Å²) in [5, 5.41) is 6.69. The van der Waals surface area contributed by atoms with Gasteiger partial charge in [-0.2, -0.15) is 0 Å². The highest BCUT2D eigenvalue weighted by molar-refractivity contribution is 7.90. The van der Waals surface area contributed by atoms with E-state index in [-0.39, 0.29) is 0 Å². The van der Waals surface area contributed by atoms with Gasteiger partial charge in [-0.1, -0.05) is 36.4 Å².